The number of carbonyl (C=O) groups excluding carboxylic acids is 1. The Morgan fingerprint density at radius 2 is 1.85 bits per heavy atom. The highest BCUT2D eigenvalue weighted by Gasteiger charge is 2.54. The molecule has 2 saturated heterocycles. The lowest BCUT2D eigenvalue weighted by Crippen LogP contribution is -2.53. The quantitative estimate of drug-likeness (QED) is 0.252. The molecule has 3 aliphatic heterocycles. The Balaban J connectivity index is 1.02. The van der Waals surface area contributed by atoms with E-state index < -0.39 is 13.7 Å². The van der Waals surface area contributed by atoms with Crippen LogP contribution >= 0.6 is 11.6 Å². The average Bonchev–Trinajstić information content (AvgIpc) is 3.72. The fraction of sp³-hybridized carbons (Fsp3) is 0.553. The van der Waals surface area contributed by atoms with E-state index in [9.17, 15) is 4.79 Å². The number of quaternary nitrogens is 1. The highest BCUT2D eigenvalue weighted by Crippen LogP contribution is 2.46. The number of rotatable bonds is 4. The highest BCUT2D eigenvalue weighted by atomic mass is 35.5. The van der Waals surface area contributed by atoms with Crippen LogP contribution in [0, 0.1) is 5.92 Å². The molecular formula is C38H50ClN6O2Si+. The molecule has 4 unspecified atom stereocenters. The number of halogens is 1. The summed E-state index contributed by atoms with van der Waals surface area (Å²) in [6.07, 6.45) is 12.6. The lowest BCUT2D eigenvalue weighted by molar-refractivity contribution is -0.720. The van der Waals surface area contributed by atoms with Crippen LogP contribution in [0.5, 0.6) is 0 Å². The van der Waals surface area contributed by atoms with Gasteiger partial charge in [-0.25, -0.2) is 14.3 Å². The summed E-state index contributed by atoms with van der Waals surface area (Å²) >= 11 is 6.71. The molecule has 254 valence electrons. The van der Waals surface area contributed by atoms with E-state index in [0.29, 0.717) is 15.7 Å². The van der Waals surface area contributed by atoms with Crippen molar-refractivity contribution in [2.75, 3.05) is 20.3 Å². The summed E-state index contributed by atoms with van der Waals surface area (Å²) in [4.78, 5) is 29.2. The Labute approximate surface area is 291 Å². The molecule has 10 heteroatoms. The molecule has 6 aliphatic rings. The molecule has 8 nitrogen and oxygen atoms in total. The van der Waals surface area contributed by atoms with Crippen molar-refractivity contribution in [3.05, 3.63) is 69.4 Å². The van der Waals surface area contributed by atoms with Crippen LogP contribution < -0.4 is 5.32 Å². The number of ether oxygens (including phenoxy) is 1. The van der Waals surface area contributed by atoms with Crippen molar-refractivity contribution in [3.8, 4) is 0 Å². The number of allylic oxidation sites excluding steroid dienone is 5. The van der Waals surface area contributed by atoms with Gasteiger partial charge in [-0.3, -0.25) is 4.90 Å². The van der Waals surface area contributed by atoms with E-state index in [-0.39, 0.29) is 18.2 Å². The molecule has 1 aromatic heterocycles. The SMILES string of the molecule is CC(C)(C)OC(=O)N1C[Si](C)(C)CC1C1=NC2=C(c3ccc(C4=CC=C(c5nc(C6CC7CCC7N6)[nH]c5Cl)CC4)cc3CC2)[N+]1(C)C. The number of fused-ring (bicyclic) bond motifs is 3. The molecule has 1 aromatic carbocycles. The number of carbonyl (C=O) groups is 1. The van der Waals surface area contributed by atoms with Gasteiger partial charge in [0.15, 0.2) is 5.70 Å². The zero-order valence-electron chi connectivity index (χ0n) is 29.5. The monoisotopic (exact) mass is 685 g/mol. The van der Waals surface area contributed by atoms with Gasteiger partial charge >= 0.3 is 6.09 Å². The van der Waals surface area contributed by atoms with E-state index in [2.05, 4.69) is 67.8 Å². The number of aryl methyl sites for hydroxylation is 1. The first-order chi connectivity index (χ1) is 22.7. The molecule has 2 N–H and O–H groups in total. The predicted molar refractivity (Wildman–Crippen MR) is 196 cm³/mol. The summed E-state index contributed by atoms with van der Waals surface area (Å²) in [6, 6.07) is 8.92. The van der Waals surface area contributed by atoms with E-state index in [1.807, 2.05) is 25.7 Å². The zero-order valence-corrected chi connectivity index (χ0v) is 31.3. The number of likely N-dealkylation sites (N-methyl/N-ethyl adjacent to an activating group) is 1. The maximum absolute atomic E-state index is 13.5. The summed E-state index contributed by atoms with van der Waals surface area (Å²) in [5.41, 5.74) is 9.35. The number of amidine groups is 1. The maximum atomic E-state index is 13.5. The van der Waals surface area contributed by atoms with Crippen molar-refractivity contribution in [1.82, 2.24) is 20.2 Å². The standard InChI is InChI=1S/C38H50ClN6O2Si/c1-38(2,3)47-37(46)44-21-48(6,7)20-31(44)36-41-29-17-13-25-18-24(12-15-27(25)33(29)45(36,4)5)22-8-10-23(11-9-22)32-34(39)43-35(42-32)30-19-26-14-16-28(26)40-30/h8,10,12,15,18,26,28,30-31,40H,9,11,13-14,16-17,19-21H2,1-7H3,(H,42,43)/q+1. The van der Waals surface area contributed by atoms with Crippen LogP contribution in [-0.2, 0) is 11.2 Å². The second kappa shape index (κ2) is 11.3. The van der Waals surface area contributed by atoms with E-state index >= 15 is 0 Å². The minimum atomic E-state index is -1.63. The maximum Gasteiger partial charge on any atom is 0.410 e. The number of amides is 1. The lowest BCUT2D eigenvalue weighted by Gasteiger charge is -2.35. The first-order valence-corrected chi connectivity index (χ1v) is 21.7. The number of aromatic nitrogens is 2. The number of H-pyrrole nitrogens is 1. The van der Waals surface area contributed by atoms with E-state index in [0.717, 1.165) is 67.6 Å². The minimum absolute atomic E-state index is 0.0399. The average molecular weight is 686 g/mol. The number of nitrogens with one attached hydrogen (secondary N) is 2. The molecule has 0 radical (unpaired) electrons. The summed E-state index contributed by atoms with van der Waals surface area (Å²) in [5.74, 6) is 2.86. The Kier molecular flexibility index (Phi) is 7.57. The van der Waals surface area contributed by atoms with Crippen LogP contribution in [0.1, 0.15) is 93.5 Å². The minimum Gasteiger partial charge on any atom is -0.444 e. The number of imidazole rings is 1. The first kappa shape index (κ1) is 32.2. The fourth-order valence-electron chi connectivity index (χ4n) is 9.04. The topological polar surface area (TPSA) is 82.6 Å². The van der Waals surface area contributed by atoms with Crippen molar-refractivity contribution < 1.29 is 14.0 Å². The second-order valence-corrected chi connectivity index (χ2v) is 22.6. The molecule has 4 atom stereocenters. The number of aliphatic imine (C=N–C) groups is 1. The van der Waals surface area contributed by atoms with Crippen molar-refractivity contribution in [2.45, 2.75) is 109 Å². The molecule has 0 bridgehead atoms. The van der Waals surface area contributed by atoms with Crippen LogP contribution in [0.15, 0.2) is 41.0 Å². The molecule has 1 saturated carbocycles. The third kappa shape index (κ3) is 5.55. The van der Waals surface area contributed by atoms with Crippen molar-refractivity contribution in [3.63, 3.8) is 0 Å². The summed E-state index contributed by atoms with van der Waals surface area (Å²) in [7, 11) is 2.87. The Bertz CT molecular complexity index is 1820. The predicted octanol–water partition coefficient (Wildman–Crippen LogP) is 8.11. The van der Waals surface area contributed by atoms with Crippen molar-refractivity contribution in [2.24, 2.45) is 10.9 Å². The van der Waals surface area contributed by atoms with Gasteiger partial charge in [-0.2, -0.15) is 4.99 Å². The highest BCUT2D eigenvalue weighted by molar-refractivity contribution is 6.79. The van der Waals surface area contributed by atoms with E-state index in [1.165, 1.54) is 52.1 Å². The normalized spacial score (nSPS) is 28.7. The third-order valence-corrected chi connectivity index (χ3v) is 14.5. The molecule has 0 spiro atoms. The van der Waals surface area contributed by atoms with Gasteiger partial charge in [-0.15, -0.1) is 0 Å². The van der Waals surface area contributed by atoms with Gasteiger partial charge in [0.05, 0.1) is 28.2 Å². The fourth-order valence-corrected chi connectivity index (χ4v) is 12.2. The molecule has 3 fully saturated rings. The Morgan fingerprint density at radius 3 is 2.52 bits per heavy atom. The number of hydrogen-bond acceptors (Lipinski definition) is 5. The van der Waals surface area contributed by atoms with Gasteiger partial charge in [0.1, 0.15) is 34.0 Å². The van der Waals surface area contributed by atoms with Crippen molar-refractivity contribution in [1.29, 1.82) is 0 Å². The molecule has 4 heterocycles. The largest absolute Gasteiger partial charge is 0.444 e. The molecular weight excluding hydrogens is 636 g/mol. The van der Waals surface area contributed by atoms with E-state index in [4.69, 9.17) is 26.3 Å². The molecule has 2 aromatic rings. The second-order valence-electron chi connectivity index (χ2n) is 17.2. The summed E-state index contributed by atoms with van der Waals surface area (Å²) in [5, 5.41) is 4.40. The van der Waals surface area contributed by atoms with Crippen molar-refractivity contribution >= 4 is 48.4 Å². The molecule has 1 amide bonds. The van der Waals surface area contributed by atoms with Gasteiger partial charge in [0.2, 0.25) is 5.84 Å². The van der Waals surface area contributed by atoms with Crippen LogP contribution in [0.25, 0.3) is 16.8 Å². The summed E-state index contributed by atoms with van der Waals surface area (Å²) in [6.45, 7) is 10.6. The van der Waals surface area contributed by atoms with Gasteiger partial charge in [-0.05, 0) is 106 Å². The summed E-state index contributed by atoms with van der Waals surface area (Å²) < 4.78 is 6.48. The molecule has 8 rings (SSSR count). The smallest absolute Gasteiger partial charge is 0.410 e. The number of nitrogens with zero attached hydrogens (tertiary/aromatic N) is 4. The van der Waals surface area contributed by atoms with Crippen LogP contribution in [-0.4, -0.2) is 77.3 Å². The first-order valence-electron chi connectivity index (χ1n) is 17.9. The van der Waals surface area contributed by atoms with Gasteiger partial charge < -0.3 is 15.0 Å². The Hall–Kier alpha value is -2.98. The Morgan fingerprint density at radius 1 is 1.08 bits per heavy atom. The zero-order chi connectivity index (χ0) is 33.7. The van der Waals surface area contributed by atoms with Crippen LogP contribution in [0.2, 0.25) is 24.3 Å². The third-order valence-electron chi connectivity index (χ3n) is 11.5. The molecule has 48 heavy (non-hydrogen) atoms. The van der Waals surface area contributed by atoms with Crippen LogP contribution in [0.4, 0.5) is 4.79 Å². The number of aromatic amines is 1. The number of benzene rings is 1. The molecule has 3 aliphatic carbocycles. The van der Waals surface area contributed by atoms with Crippen LogP contribution in [0.3, 0.4) is 0 Å². The van der Waals surface area contributed by atoms with Gasteiger partial charge in [0, 0.05) is 17.8 Å². The number of hydrogen-bond donors (Lipinski definition) is 2. The van der Waals surface area contributed by atoms with Gasteiger partial charge in [0.25, 0.3) is 0 Å². The van der Waals surface area contributed by atoms with Gasteiger partial charge in [-0.1, -0.05) is 49.0 Å². The van der Waals surface area contributed by atoms with E-state index in [1.54, 1.807) is 0 Å². The lowest BCUT2D eigenvalue weighted by atomic mass is 9.80.